The SMILES string of the molecule is CC[C@H]1OC(=O)[C@H](C)C(=O)[C@H](C)[C@@H](O[C@@H]2O[C@H](C)C[C@H](N(C)CCc3cn([C@H](CF)[C@H](OC)c4ccc(-c5cccnc5)cc4)nn3)[C@H]2OC(C)=O)[C@](C)(OC)C[C@@H](C)C(=O)[C@H](C)[C@@H](O)[C@]1(C)O. The minimum absolute atomic E-state index is 0.00275. The van der Waals surface area contributed by atoms with Gasteiger partial charge < -0.3 is 38.6 Å². The normalized spacial score (nSPS) is 33.1. The van der Waals surface area contributed by atoms with Crippen LogP contribution >= 0.6 is 0 Å². The number of hydrogen-bond donors (Lipinski definition) is 2. The lowest BCUT2D eigenvalue weighted by Crippen LogP contribution is -2.61. The summed E-state index contributed by atoms with van der Waals surface area (Å²) in [6.07, 6.45) is -1.36. The van der Waals surface area contributed by atoms with E-state index < -0.39 is 120 Å². The minimum atomic E-state index is -2.02. The molecule has 0 amide bonds. The fraction of sp³-hybridized carbons (Fsp3) is 0.660. The van der Waals surface area contributed by atoms with Crippen molar-refractivity contribution in [2.24, 2.45) is 23.7 Å². The highest BCUT2D eigenvalue weighted by atomic mass is 19.1. The zero-order valence-corrected chi connectivity index (χ0v) is 41.5. The third-order valence-electron chi connectivity index (χ3n) is 14.1. The van der Waals surface area contributed by atoms with Gasteiger partial charge in [0.1, 0.15) is 42.2 Å². The number of Topliss-reactive ketones (excluding diaryl/α,β-unsaturated/α-hetero) is 2. The minimum Gasteiger partial charge on any atom is -0.459 e. The lowest BCUT2D eigenvalue weighted by molar-refractivity contribution is -0.298. The predicted octanol–water partition coefficient (Wildman–Crippen LogP) is 5.46. The second-order valence-corrected chi connectivity index (χ2v) is 19.1. The molecule has 4 heterocycles. The van der Waals surface area contributed by atoms with Crippen LogP contribution in [0.3, 0.4) is 0 Å². The van der Waals surface area contributed by atoms with E-state index in [4.69, 9.17) is 28.4 Å². The Kier molecular flexibility index (Phi) is 18.7. The average Bonchev–Trinajstić information content (AvgIpc) is 3.80. The highest BCUT2D eigenvalue weighted by molar-refractivity contribution is 6.00. The van der Waals surface area contributed by atoms with Crippen molar-refractivity contribution in [2.45, 2.75) is 154 Å². The number of methoxy groups -OCH3 is 2. The van der Waals surface area contributed by atoms with Crippen LogP contribution in [0.5, 0.6) is 0 Å². The maximum Gasteiger partial charge on any atom is 0.316 e. The van der Waals surface area contributed by atoms with Gasteiger partial charge in [-0.05, 0) is 76.8 Å². The van der Waals surface area contributed by atoms with Crippen molar-refractivity contribution in [2.75, 3.05) is 34.5 Å². The van der Waals surface area contributed by atoms with Crippen LogP contribution in [0.2, 0.25) is 0 Å². The summed E-state index contributed by atoms with van der Waals surface area (Å²) in [6, 6.07) is 10.2. The van der Waals surface area contributed by atoms with Crippen molar-refractivity contribution >= 4 is 23.5 Å². The van der Waals surface area contributed by atoms with Crippen molar-refractivity contribution in [3.8, 4) is 11.1 Å². The van der Waals surface area contributed by atoms with Gasteiger partial charge in [-0.15, -0.1) is 5.10 Å². The number of alkyl halides is 1. The molecule has 18 heteroatoms. The summed E-state index contributed by atoms with van der Waals surface area (Å²) in [5, 5.41) is 31.5. The van der Waals surface area contributed by atoms with Gasteiger partial charge in [-0.1, -0.05) is 63.2 Å². The Morgan fingerprint density at radius 1 is 1.03 bits per heavy atom. The Hall–Kier alpha value is -4.56. The van der Waals surface area contributed by atoms with Gasteiger partial charge in [0.15, 0.2) is 18.2 Å². The number of halogens is 1. The molecule has 3 aromatic rings. The number of ether oxygens (including phenoxy) is 6. The number of aromatic nitrogens is 4. The van der Waals surface area contributed by atoms with E-state index in [0.717, 1.165) is 16.7 Å². The standard InChI is InChI=1S/C50H72FN5O12/c1-13-40-50(9,62)45(60)30(4)41(58)28(2)24-49(8,64-12)46(31(5)42(59)32(6)47(61)67-40)68-48-44(66-33(7)57)38(23-29(3)65-48)55(10)22-20-37-27-56(54-53-37)39(25-51)43(63-11)35-18-16-34(17-19-35)36-15-14-21-52-26-36/h14-19,21,26-32,38-40,43-46,48,60,62H,13,20,22-25H2,1-12H3/t28-,29-,30+,31+,32-,38+,39-,40-,43-,44-,45-,46-,48+,49-,50-/m1/s1. The Morgan fingerprint density at radius 2 is 1.72 bits per heavy atom. The van der Waals surface area contributed by atoms with Gasteiger partial charge >= 0.3 is 11.9 Å². The Bertz CT molecular complexity index is 2140. The molecule has 2 N–H and O–H groups in total. The molecule has 2 fully saturated rings. The molecule has 17 nitrogen and oxygen atoms in total. The average molecular weight is 954 g/mol. The largest absolute Gasteiger partial charge is 0.459 e. The number of benzene rings is 1. The lowest BCUT2D eigenvalue weighted by Gasteiger charge is -2.48. The van der Waals surface area contributed by atoms with E-state index in [0.29, 0.717) is 25.1 Å². The van der Waals surface area contributed by atoms with Crippen LogP contribution in [0.25, 0.3) is 11.1 Å². The number of carbonyl (C=O) groups is 4. The second kappa shape index (κ2) is 23.4. The van der Waals surface area contributed by atoms with Gasteiger partial charge in [-0.2, -0.15) is 0 Å². The number of ketones is 2. The van der Waals surface area contributed by atoms with Crippen LogP contribution in [-0.4, -0.2) is 147 Å². The molecule has 0 saturated carbocycles. The van der Waals surface area contributed by atoms with E-state index in [2.05, 4.69) is 15.3 Å². The Labute approximate surface area is 399 Å². The van der Waals surface area contributed by atoms with Crippen molar-refractivity contribution in [3.63, 3.8) is 0 Å². The summed E-state index contributed by atoms with van der Waals surface area (Å²) >= 11 is 0. The molecule has 2 aliphatic heterocycles. The highest BCUT2D eigenvalue weighted by Crippen LogP contribution is 2.39. The fourth-order valence-corrected chi connectivity index (χ4v) is 9.91. The number of hydrogen-bond acceptors (Lipinski definition) is 16. The van der Waals surface area contributed by atoms with E-state index >= 15 is 0 Å². The number of pyridine rings is 1. The Balaban J connectivity index is 1.39. The van der Waals surface area contributed by atoms with Gasteiger partial charge in [0.05, 0.1) is 35.6 Å². The molecule has 15 atom stereocenters. The van der Waals surface area contributed by atoms with Gasteiger partial charge in [-0.3, -0.25) is 29.1 Å². The first-order valence-electron chi connectivity index (χ1n) is 23.5. The summed E-state index contributed by atoms with van der Waals surface area (Å²) in [5.41, 5.74) is -0.153. The number of aliphatic hydroxyl groups excluding tert-OH is 1. The van der Waals surface area contributed by atoms with Crippen LogP contribution < -0.4 is 0 Å². The molecule has 0 bridgehead atoms. The quantitative estimate of drug-likeness (QED) is 0.143. The van der Waals surface area contributed by atoms with Crippen molar-refractivity contribution < 1.29 is 62.2 Å². The number of carbonyl (C=O) groups excluding carboxylic acids is 4. The maximum absolute atomic E-state index is 14.9. The van der Waals surface area contributed by atoms with E-state index in [-0.39, 0.29) is 12.8 Å². The lowest BCUT2D eigenvalue weighted by atomic mass is 9.74. The van der Waals surface area contributed by atoms with Crippen LogP contribution in [-0.2, 0) is 54.0 Å². The molecule has 1 aromatic carbocycles. The molecule has 0 unspecified atom stereocenters. The summed E-state index contributed by atoms with van der Waals surface area (Å²) in [5.74, 6) is -6.76. The van der Waals surface area contributed by atoms with E-state index in [9.17, 15) is 33.8 Å². The topological polar surface area (TPSA) is 211 Å². The summed E-state index contributed by atoms with van der Waals surface area (Å²) < 4.78 is 53.2. The number of rotatable bonds is 15. The predicted molar refractivity (Wildman–Crippen MR) is 247 cm³/mol. The fourth-order valence-electron chi connectivity index (χ4n) is 9.91. The van der Waals surface area contributed by atoms with Gasteiger partial charge in [0, 0.05) is 70.5 Å². The summed E-state index contributed by atoms with van der Waals surface area (Å²) in [4.78, 5) is 61.1. The van der Waals surface area contributed by atoms with E-state index in [1.165, 1.54) is 46.6 Å². The van der Waals surface area contributed by atoms with Gasteiger partial charge in [0.25, 0.3) is 0 Å². The van der Waals surface area contributed by atoms with Crippen molar-refractivity contribution in [3.05, 3.63) is 66.2 Å². The zero-order chi connectivity index (χ0) is 50.2. The molecule has 2 saturated heterocycles. The molecule has 5 rings (SSSR count). The number of nitrogens with zero attached hydrogens (tertiary/aromatic N) is 5. The van der Waals surface area contributed by atoms with Gasteiger partial charge in [0.2, 0.25) is 0 Å². The van der Waals surface area contributed by atoms with Crippen LogP contribution in [0, 0.1) is 23.7 Å². The van der Waals surface area contributed by atoms with E-state index in [1.54, 1.807) is 46.3 Å². The van der Waals surface area contributed by atoms with Gasteiger partial charge in [-0.25, -0.2) is 9.07 Å². The maximum atomic E-state index is 14.9. The number of likely N-dealkylation sites (N-methyl/N-ethyl adjacent to an activating group) is 1. The molecule has 0 spiro atoms. The van der Waals surface area contributed by atoms with Crippen molar-refractivity contribution in [1.29, 1.82) is 0 Å². The third-order valence-corrected chi connectivity index (χ3v) is 14.1. The van der Waals surface area contributed by atoms with Crippen LogP contribution in [0.4, 0.5) is 4.39 Å². The molecular formula is C50H72FN5O12. The third kappa shape index (κ3) is 12.2. The number of aliphatic hydroxyl groups is 2. The summed E-state index contributed by atoms with van der Waals surface area (Å²) in [7, 11) is 4.82. The van der Waals surface area contributed by atoms with Crippen LogP contribution in [0.1, 0.15) is 105 Å². The molecule has 0 aliphatic carbocycles. The van der Waals surface area contributed by atoms with Crippen molar-refractivity contribution in [1.82, 2.24) is 24.9 Å². The molecule has 2 aliphatic rings. The first-order chi connectivity index (χ1) is 32.1. The zero-order valence-electron chi connectivity index (χ0n) is 41.5. The summed E-state index contributed by atoms with van der Waals surface area (Å²) in [6.45, 7) is 13.6. The highest BCUT2D eigenvalue weighted by Gasteiger charge is 2.52. The van der Waals surface area contributed by atoms with E-state index in [1.807, 2.05) is 55.3 Å². The molecule has 68 heavy (non-hydrogen) atoms. The molecular weight excluding hydrogens is 882 g/mol. The molecule has 2 aromatic heterocycles. The molecule has 0 radical (unpaired) electrons. The number of esters is 2. The smallest absolute Gasteiger partial charge is 0.316 e. The van der Waals surface area contributed by atoms with Crippen LogP contribution in [0.15, 0.2) is 55.0 Å². The first kappa shape index (κ1) is 54.4. The number of cyclic esters (lactones) is 1. The monoisotopic (exact) mass is 954 g/mol. The second-order valence-electron chi connectivity index (χ2n) is 19.1. The Morgan fingerprint density at radius 3 is 2.31 bits per heavy atom. The molecule has 376 valence electrons. The first-order valence-corrected chi connectivity index (χ1v) is 23.5.